The summed E-state index contributed by atoms with van der Waals surface area (Å²) in [6, 6.07) is 4.17. The van der Waals surface area contributed by atoms with E-state index in [0.29, 0.717) is 0 Å². The molecule has 88 valence electrons. The molecule has 2 rings (SSSR count). The number of primary amides is 1. The largest absolute Gasteiger partial charge is 0.369 e. The van der Waals surface area contributed by atoms with Crippen molar-refractivity contribution in [3.05, 3.63) is 24.0 Å². The molecule has 1 saturated heterocycles. The number of likely N-dealkylation sites (tertiary alicyclic amines) is 1. The average molecular weight is 221 g/mol. The number of hydrogen-bond donors (Lipinski definition) is 1. The van der Waals surface area contributed by atoms with E-state index in [-0.39, 0.29) is 11.8 Å². The highest BCUT2D eigenvalue weighted by atomic mass is 16.1. The Balaban J connectivity index is 1.95. The van der Waals surface area contributed by atoms with Crippen LogP contribution in [0.2, 0.25) is 0 Å². The fourth-order valence-electron chi connectivity index (χ4n) is 2.32. The minimum Gasteiger partial charge on any atom is -0.369 e. The molecule has 0 aromatic carbocycles. The summed E-state index contributed by atoms with van der Waals surface area (Å²) in [7, 11) is 2.05. The quantitative estimate of drug-likeness (QED) is 0.817. The minimum absolute atomic E-state index is 0.0361. The van der Waals surface area contributed by atoms with Crippen LogP contribution in [0.3, 0.4) is 0 Å². The lowest BCUT2D eigenvalue weighted by molar-refractivity contribution is -0.123. The number of amides is 1. The summed E-state index contributed by atoms with van der Waals surface area (Å²) < 4.78 is 2.12. The number of carbonyl (C=O) groups is 1. The predicted octanol–water partition coefficient (Wildman–Crippen LogP) is 0.722. The van der Waals surface area contributed by atoms with Crippen molar-refractivity contribution in [1.29, 1.82) is 0 Å². The third-order valence-corrected chi connectivity index (χ3v) is 3.34. The van der Waals surface area contributed by atoms with Crippen molar-refractivity contribution in [2.45, 2.75) is 19.4 Å². The van der Waals surface area contributed by atoms with Gasteiger partial charge >= 0.3 is 0 Å². The number of rotatable bonds is 3. The summed E-state index contributed by atoms with van der Waals surface area (Å²) in [6.45, 7) is 2.78. The first kappa shape index (κ1) is 11.2. The van der Waals surface area contributed by atoms with Gasteiger partial charge in [-0.25, -0.2) is 0 Å². The van der Waals surface area contributed by atoms with Crippen LogP contribution in [0.5, 0.6) is 0 Å². The van der Waals surface area contributed by atoms with Gasteiger partial charge in [0.1, 0.15) is 0 Å². The van der Waals surface area contributed by atoms with E-state index in [9.17, 15) is 4.79 Å². The van der Waals surface area contributed by atoms with Crippen LogP contribution in [0.15, 0.2) is 18.3 Å². The lowest BCUT2D eigenvalue weighted by atomic mass is 9.97. The summed E-state index contributed by atoms with van der Waals surface area (Å²) in [5.74, 6) is -0.120. The lowest BCUT2D eigenvalue weighted by Crippen LogP contribution is -2.40. The van der Waals surface area contributed by atoms with Crippen LogP contribution in [-0.4, -0.2) is 28.5 Å². The van der Waals surface area contributed by atoms with Gasteiger partial charge in [-0.2, -0.15) is 0 Å². The molecular weight excluding hydrogens is 202 g/mol. The van der Waals surface area contributed by atoms with E-state index in [4.69, 9.17) is 5.73 Å². The van der Waals surface area contributed by atoms with Gasteiger partial charge in [0.15, 0.2) is 0 Å². The Hall–Kier alpha value is -1.29. The van der Waals surface area contributed by atoms with Gasteiger partial charge in [-0.15, -0.1) is 0 Å². The molecule has 1 unspecified atom stereocenters. The summed E-state index contributed by atoms with van der Waals surface area (Å²) in [5, 5.41) is 0. The molecule has 0 aliphatic carbocycles. The number of nitrogens with zero attached hydrogens (tertiary/aromatic N) is 2. The number of aryl methyl sites for hydroxylation is 1. The SMILES string of the molecule is Cn1cccc1CN1CCCC(C(N)=O)C1. The van der Waals surface area contributed by atoms with Crippen LogP contribution in [0.25, 0.3) is 0 Å². The second-order valence-corrected chi connectivity index (χ2v) is 4.59. The summed E-state index contributed by atoms with van der Waals surface area (Å²) in [4.78, 5) is 13.5. The van der Waals surface area contributed by atoms with Crippen LogP contribution >= 0.6 is 0 Å². The molecule has 1 fully saturated rings. The number of piperidine rings is 1. The number of hydrogen-bond acceptors (Lipinski definition) is 2. The number of aromatic nitrogens is 1. The molecule has 1 aliphatic rings. The van der Waals surface area contributed by atoms with Crippen LogP contribution in [0.4, 0.5) is 0 Å². The molecule has 4 heteroatoms. The maximum Gasteiger partial charge on any atom is 0.221 e. The molecule has 16 heavy (non-hydrogen) atoms. The highest BCUT2D eigenvalue weighted by Crippen LogP contribution is 2.18. The fourth-order valence-corrected chi connectivity index (χ4v) is 2.32. The molecule has 0 bridgehead atoms. The monoisotopic (exact) mass is 221 g/mol. The molecule has 0 saturated carbocycles. The zero-order chi connectivity index (χ0) is 11.5. The molecule has 1 atom stereocenters. The molecule has 2 N–H and O–H groups in total. The number of carbonyl (C=O) groups excluding carboxylic acids is 1. The molecule has 1 aromatic heterocycles. The van der Waals surface area contributed by atoms with Gasteiger partial charge in [0.05, 0.1) is 5.92 Å². The van der Waals surface area contributed by atoms with Crippen molar-refractivity contribution in [3.8, 4) is 0 Å². The van der Waals surface area contributed by atoms with Gasteiger partial charge in [-0.3, -0.25) is 9.69 Å². The van der Waals surface area contributed by atoms with Gasteiger partial charge in [0.2, 0.25) is 5.91 Å². The first-order valence-electron chi connectivity index (χ1n) is 5.78. The molecular formula is C12H19N3O. The minimum atomic E-state index is -0.156. The van der Waals surface area contributed by atoms with Gasteiger partial charge in [-0.1, -0.05) is 0 Å². The van der Waals surface area contributed by atoms with E-state index in [1.165, 1.54) is 5.69 Å². The second-order valence-electron chi connectivity index (χ2n) is 4.59. The van der Waals surface area contributed by atoms with Crippen LogP contribution in [0, 0.1) is 5.92 Å². The molecule has 2 heterocycles. The lowest BCUT2D eigenvalue weighted by Gasteiger charge is -2.31. The fraction of sp³-hybridized carbons (Fsp3) is 0.583. The Bertz CT molecular complexity index is 372. The van der Waals surface area contributed by atoms with E-state index >= 15 is 0 Å². The molecule has 4 nitrogen and oxygen atoms in total. The third-order valence-electron chi connectivity index (χ3n) is 3.34. The smallest absolute Gasteiger partial charge is 0.221 e. The average Bonchev–Trinajstić information content (AvgIpc) is 2.65. The predicted molar refractivity (Wildman–Crippen MR) is 62.6 cm³/mol. The van der Waals surface area contributed by atoms with E-state index in [2.05, 4.69) is 15.5 Å². The standard InChI is InChI=1S/C12H19N3O/c1-14-6-3-5-11(14)9-15-7-2-4-10(8-15)12(13)16/h3,5-6,10H,2,4,7-9H2,1H3,(H2,13,16). The summed E-state index contributed by atoms with van der Waals surface area (Å²) in [5.41, 5.74) is 6.64. The Labute approximate surface area is 96.0 Å². The first-order chi connectivity index (χ1) is 7.66. The van der Waals surface area contributed by atoms with Crippen molar-refractivity contribution in [1.82, 2.24) is 9.47 Å². The van der Waals surface area contributed by atoms with Crippen LogP contribution in [0.1, 0.15) is 18.5 Å². The van der Waals surface area contributed by atoms with Gasteiger partial charge in [0, 0.05) is 32.0 Å². The molecule has 0 radical (unpaired) electrons. The highest BCUT2D eigenvalue weighted by Gasteiger charge is 2.24. The Morgan fingerprint density at radius 2 is 2.44 bits per heavy atom. The van der Waals surface area contributed by atoms with Crippen molar-refractivity contribution in [2.75, 3.05) is 13.1 Å². The first-order valence-corrected chi connectivity index (χ1v) is 5.78. The highest BCUT2D eigenvalue weighted by molar-refractivity contribution is 5.76. The van der Waals surface area contributed by atoms with E-state index in [0.717, 1.165) is 32.5 Å². The van der Waals surface area contributed by atoms with Crippen molar-refractivity contribution in [2.24, 2.45) is 18.7 Å². The second kappa shape index (κ2) is 4.70. The maximum atomic E-state index is 11.2. The summed E-state index contributed by atoms with van der Waals surface area (Å²) >= 11 is 0. The molecule has 1 aromatic rings. The van der Waals surface area contributed by atoms with Crippen LogP contribution < -0.4 is 5.73 Å². The maximum absolute atomic E-state index is 11.2. The van der Waals surface area contributed by atoms with Crippen molar-refractivity contribution in [3.63, 3.8) is 0 Å². The Morgan fingerprint density at radius 1 is 1.62 bits per heavy atom. The zero-order valence-corrected chi connectivity index (χ0v) is 9.72. The molecule has 0 spiro atoms. The van der Waals surface area contributed by atoms with Gasteiger partial charge in [-0.05, 0) is 31.5 Å². The van der Waals surface area contributed by atoms with Crippen LogP contribution in [-0.2, 0) is 18.4 Å². The van der Waals surface area contributed by atoms with Gasteiger partial charge < -0.3 is 10.3 Å². The van der Waals surface area contributed by atoms with Crippen molar-refractivity contribution >= 4 is 5.91 Å². The Kier molecular flexibility index (Phi) is 3.29. The Morgan fingerprint density at radius 3 is 3.06 bits per heavy atom. The van der Waals surface area contributed by atoms with E-state index < -0.39 is 0 Å². The molecule has 1 aliphatic heterocycles. The number of nitrogens with two attached hydrogens (primary N) is 1. The topological polar surface area (TPSA) is 51.3 Å². The summed E-state index contributed by atoms with van der Waals surface area (Å²) in [6.07, 6.45) is 4.06. The molecule has 1 amide bonds. The van der Waals surface area contributed by atoms with Gasteiger partial charge in [0.25, 0.3) is 0 Å². The van der Waals surface area contributed by atoms with E-state index in [1.807, 2.05) is 19.3 Å². The third kappa shape index (κ3) is 2.44. The normalized spacial score (nSPS) is 22.2. The van der Waals surface area contributed by atoms with E-state index in [1.54, 1.807) is 0 Å². The van der Waals surface area contributed by atoms with Crippen molar-refractivity contribution < 1.29 is 4.79 Å². The zero-order valence-electron chi connectivity index (χ0n) is 9.72.